The van der Waals surface area contributed by atoms with Gasteiger partial charge in [0.05, 0.1) is 32.8 Å². The number of phenols is 1. The number of anilines is 1. The molecule has 4 rings (SSSR count). The molecule has 0 spiro atoms. The Morgan fingerprint density at radius 3 is 2.39 bits per heavy atom. The number of benzene rings is 1. The zero-order valence-electron chi connectivity index (χ0n) is 32.9. The van der Waals surface area contributed by atoms with Gasteiger partial charge in [-0.2, -0.15) is 4.31 Å². The number of hydrogen-bond acceptors (Lipinski definition) is 21. The summed E-state index contributed by atoms with van der Waals surface area (Å²) >= 11 is 0.858. The average molecular weight is 962 g/mol. The van der Waals surface area contributed by atoms with Crippen molar-refractivity contribution < 1.29 is 95.4 Å². The number of aliphatic hydroxyl groups excluding tert-OH is 3. The van der Waals surface area contributed by atoms with Gasteiger partial charge in [-0.25, -0.2) is 28.6 Å². The highest BCUT2D eigenvalue weighted by Crippen LogP contribution is 2.61. The molecule has 1 saturated heterocycles. The van der Waals surface area contributed by atoms with Gasteiger partial charge in [0.1, 0.15) is 36.3 Å². The summed E-state index contributed by atoms with van der Waals surface area (Å²) in [7, 11) is -15.1. The molecule has 0 saturated carbocycles. The number of nitrogens with one attached hydrogen (secondary N) is 2. The van der Waals surface area contributed by atoms with Crippen LogP contribution in [0.4, 0.5) is 5.82 Å². The number of phenolic OH excluding ortho intramolecular Hbond substituents is 1. The average Bonchev–Trinajstić information content (AvgIpc) is 3.74. The fourth-order valence-electron chi connectivity index (χ4n) is 5.54. The molecule has 1 aromatic carbocycles. The number of aromatic nitrogens is 4. The summed E-state index contributed by atoms with van der Waals surface area (Å²) < 4.78 is 67.1. The standard InChI is InChI=1S/C31H46N7O20P3S/c1-31(2,26(44)29(45)34-7-6-21(41)33-8-9-62-22(42)11-17(39)16-4-5-19(53-3)18(40)10-16)13-55-61(51,52)58-60(49,50)54-12-20-25(57-59(46,47)48)24(43)30(56-20)38-15-37-23-27(32)35-14-36-28(23)38/h4-5,10,14-15,17,20,24-26,30,39-40,43-44H,6-9,11-13H2,1-3H3,(H,33,41)(H,34,45)(H,49,50)(H,51,52)(H2,32,35,36)(H2,46,47,48). The molecule has 3 aromatic rings. The Morgan fingerprint density at radius 1 is 1.03 bits per heavy atom. The van der Waals surface area contributed by atoms with Crippen molar-refractivity contribution in [2.45, 2.75) is 63.4 Å². The second kappa shape index (κ2) is 21.3. The van der Waals surface area contributed by atoms with E-state index in [1.165, 1.54) is 39.2 Å². The van der Waals surface area contributed by atoms with E-state index in [0.717, 1.165) is 29.0 Å². The molecule has 2 aromatic heterocycles. The first-order chi connectivity index (χ1) is 28.8. The summed E-state index contributed by atoms with van der Waals surface area (Å²) in [4.78, 5) is 88.1. The highest BCUT2D eigenvalue weighted by Gasteiger charge is 2.50. The highest BCUT2D eigenvalue weighted by molar-refractivity contribution is 8.13. The molecule has 2 amide bonds. The third-order valence-electron chi connectivity index (χ3n) is 8.71. The molecule has 27 nitrogen and oxygen atoms in total. The first kappa shape index (κ1) is 51.0. The molecule has 62 heavy (non-hydrogen) atoms. The number of methoxy groups -OCH3 is 1. The van der Waals surface area contributed by atoms with E-state index in [4.69, 9.17) is 24.3 Å². The number of aliphatic hydroxyl groups is 3. The number of phosphoric acid groups is 3. The zero-order valence-corrected chi connectivity index (χ0v) is 36.4. The Hall–Kier alpha value is -3.66. The monoisotopic (exact) mass is 961 g/mol. The predicted molar refractivity (Wildman–Crippen MR) is 211 cm³/mol. The van der Waals surface area contributed by atoms with Crippen molar-refractivity contribution >= 4 is 69.1 Å². The van der Waals surface area contributed by atoms with Gasteiger partial charge in [0.2, 0.25) is 11.8 Å². The van der Waals surface area contributed by atoms with Gasteiger partial charge in [-0.3, -0.25) is 32.5 Å². The lowest BCUT2D eigenvalue weighted by Gasteiger charge is -2.30. The topological polar surface area (TPSA) is 413 Å². The second-order valence-corrected chi connectivity index (χ2v) is 19.3. The second-order valence-electron chi connectivity index (χ2n) is 13.9. The number of phosphoric ester groups is 3. The first-order valence-electron chi connectivity index (χ1n) is 17.9. The highest BCUT2D eigenvalue weighted by atomic mass is 32.2. The predicted octanol–water partition coefficient (Wildman–Crippen LogP) is -0.497. The Morgan fingerprint density at radius 2 is 1.73 bits per heavy atom. The van der Waals surface area contributed by atoms with Gasteiger partial charge in [-0.05, 0) is 17.7 Å². The van der Waals surface area contributed by atoms with Crippen LogP contribution in [0.25, 0.3) is 11.2 Å². The van der Waals surface area contributed by atoms with Gasteiger partial charge < -0.3 is 65.8 Å². The van der Waals surface area contributed by atoms with E-state index in [1.54, 1.807) is 0 Å². The van der Waals surface area contributed by atoms with E-state index >= 15 is 0 Å². The van der Waals surface area contributed by atoms with Crippen LogP contribution in [0.1, 0.15) is 44.6 Å². The number of carbonyl (C=O) groups is 3. The minimum absolute atomic E-state index is 0.0180. The fourth-order valence-corrected chi connectivity index (χ4v) is 9.08. The quantitative estimate of drug-likeness (QED) is 0.0421. The molecule has 8 atom stereocenters. The number of hydrogen-bond donors (Lipinski definition) is 11. The first-order valence-corrected chi connectivity index (χ1v) is 23.4. The van der Waals surface area contributed by atoms with Crippen molar-refractivity contribution in [2.75, 3.05) is 44.9 Å². The van der Waals surface area contributed by atoms with E-state index in [9.17, 15) is 68.1 Å². The molecule has 0 bridgehead atoms. The number of fused-ring (bicyclic) bond motifs is 1. The Bertz CT molecular complexity index is 2210. The number of aromatic hydroxyl groups is 1. The molecule has 3 heterocycles. The molecule has 346 valence electrons. The Kier molecular flexibility index (Phi) is 17.6. The number of rotatable bonds is 23. The number of imidazole rings is 1. The molecule has 31 heteroatoms. The van der Waals surface area contributed by atoms with Crippen LogP contribution in [0.5, 0.6) is 11.5 Å². The largest absolute Gasteiger partial charge is 0.504 e. The third-order valence-corrected chi connectivity index (χ3v) is 12.7. The maximum absolute atomic E-state index is 12.7. The molecule has 12 N–H and O–H groups in total. The number of nitrogen functional groups attached to an aromatic ring is 1. The van der Waals surface area contributed by atoms with E-state index in [1.807, 2.05) is 0 Å². The number of amides is 2. The van der Waals surface area contributed by atoms with Crippen molar-refractivity contribution in [1.82, 2.24) is 30.2 Å². The number of ether oxygens (including phenoxy) is 2. The van der Waals surface area contributed by atoms with Gasteiger partial charge in [0, 0.05) is 37.1 Å². The van der Waals surface area contributed by atoms with Gasteiger partial charge in [-0.1, -0.05) is 31.7 Å². The SMILES string of the molecule is COc1ccc(C(O)CC(=O)SCCNC(=O)CCNC(=O)C(O)C(C)(C)COP(=O)(O)OP(=O)(O)OCC2OC(n3cnc4c(N)ncnc43)C(O)C2OP(=O)(O)O)cc1O. The summed E-state index contributed by atoms with van der Waals surface area (Å²) in [5.74, 6) is -1.44. The Labute approximate surface area is 355 Å². The molecule has 1 aliphatic heterocycles. The van der Waals surface area contributed by atoms with Crippen LogP contribution in [0, 0.1) is 5.41 Å². The van der Waals surface area contributed by atoms with E-state index in [2.05, 4.69) is 34.4 Å². The zero-order chi connectivity index (χ0) is 46.2. The van der Waals surface area contributed by atoms with Crippen LogP contribution in [0.15, 0.2) is 30.9 Å². The van der Waals surface area contributed by atoms with Gasteiger partial charge >= 0.3 is 23.5 Å². The van der Waals surface area contributed by atoms with Crippen LogP contribution in [0.2, 0.25) is 0 Å². The van der Waals surface area contributed by atoms with Gasteiger partial charge in [0.15, 0.2) is 34.3 Å². The van der Waals surface area contributed by atoms with Crippen LogP contribution in [0.3, 0.4) is 0 Å². The lowest BCUT2D eigenvalue weighted by Crippen LogP contribution is -2.46. The Balaban J connectivity index is 1.19. The molecule has 1 fully saturated rings. The molecule has 0 aliphatic carbocycles. The molecule has 0 radical (unpaired) electrons. The number of thioether (sulfide) groups is 1. The minimum Gasteiger partial charge on any atom is -0.504 e. The smallest absolute Gasteiger partial charge is 0.481 e. The lowest BCUT2D eigenvalue weighted by atomic mass is 9.87. The van der Waals surface area contributed by atoms with E-state index in [0.29, 0.717) is 5.56 Å². The summed E-state index contributed by atoms with van der Waals surface area (Å²) in [5.41, 5.74) is 4.50. The summed E-state index contributed by atoms with van der Waals surface area (Å²) in [6, 6.07) is 4.22. The van der Waals surface area contributed by atoms with Gasteiger partial charge in [0.25, 0.3) is 0 Å². The third kappa shape index (κ3) is 14.4. The van der Waals surface area contributed by atoms with Crippen LogP contribution >= 0.6 is 35.2 Å². The van der Waals surface area contributed by atoms with Crippen LogP contribution < -0.4 is 21.1 Å². The van der Waals surface area contributed by atoms with Crippen molar-refractivity contribution in [3.05, 3.63) is 36.4 Å². The summed E-state index contributed by atoms with van der Waals surface area (Å²) in [6.45, 7) is 0.176. The minimum atomic E-state index is -5.60. The van der Waals surface area contributed by atoms with Gasteiger partial charge in [-0.15, -0.1) is 0 Å². The maximum Gasteiger partial charge on any atom is 0.481 e. The summed E-state index contributed by atoms with van der Waals surface area (Å²) in [5, 5.41) is 46.1. The van der Waals surface area contributed by atoms with Crippen LogP contribution in [-0.4, -0.2) is 140 Å². The van der Waals surface area contributed by atoms with Crippen LogP contribution in [-0.2, 0) is 50.7 Å². The fraction of sp³-hybridized carbons (Fsp3) is 0.548. The molecule has 8 unspecified atom stereocenters. The van der Waals surface area contributed by atoms with E-state index in [-0.39, 0.29) is 65.3 Å². The van der Waals surface area contributed by atoms with Crippen molar-refractivity contribution in [3.63, 3.8) is 0 Å². The van der Waals surface area contributed by atoms with Crippen molar-refractivity contribution in [1.29, 1.82) is 0 Å². The molecular weight excluding hydrogens is 915 g/mol. The number of carbonyl (C=O) groups excluding carboxylic acids is 3. The normalized spacial score (nSPS) is 21.1. The maximum atomic E-state index is 12.7. The molecular formula is C31H46N7O20P3S. The number of nitrogens with zero attached hydrogens (tertiary/aromatic N) is 4. The lowest BCUT2D eigenvalue weighted by molar-refractivity contribution is -0.137. The van der Waals surface area contributed by atoms with Crippen molar-refractivity contribution in [2.24, 2.45) is 5.41 Å². The van der Waals surface area contributed by atoms with Crippen molar-refractivity contribution in [3.8, 4) is 11.5 Å². The molecule has 1 aliphatic rings. The summed E-state index contributed by atoms with van der Waals surface area (Å²) in [6.07, 6.45) is -8.57. The number of nitrogens with two attached hydrogens (primary N) is 1. The van der Waals surface area contributed by atoms with E-state index < -0.39 is 90.7 Å².